The second kappa shape index (κ2) is 5.42. The van der Waals surface area contributed by atoms with Gasteiger partial charge in [-0.05, 0) is 6.92 Å². The Morgan fingerprint density at radius 3 is 2.67 bits per heavy atom. The molecule has 0 aliphatic carbocycles. The fraction of sp³-hybridized carbons (Fsp3) is 0.250. The van der Waals surface area contributed by atoms with E-state index in [1.807, 2.05) is 25.2 Å². The molecule has 0 aromatic rings. The van der Waals surface area contributed by atoms with Crippen LogP contribution < -0.4 is 0 Å². The van der Waals surface area contributed by atoms with Crippen LogP contribution in [0.4, 0.5) is 0 Å². The van der Waals surface area contributed by atoms with Gasteiger partial charge >= 0.3 is 0 Å². The maximum Gasteiger partial charge on any atom is 0.0716 e. The summed E-state index contributed by atoms with van der Waals surface area (Å²) in [5.41, 5.74) is 1.10. The molecule has 0 aliphatic rings. The molecule has 46 valence electrons. The average Bonchev–Trinajstić information content (AvgIpc) is 1.88. The third-order valence-corrected chi connectivity index (χ3v) is 0.948. The Hall–Kier alpha value is -0.715. The average molecular weight is 118 g/mol. The summed E-state index contributed by atoms with van der Waals surface area (Å²) >= 11 is 0. The minimum Gasteiger partial charge on any atom is -0.0991 e. The van der Waals surface area contributed by atoms with E-state index in [1.54, 1.807) is 6.08 Å². The smallest absolute Gasteiger partial charge is 0.0716 e. The van der Waals surface area contributed by atoms with Gasteiger partial charge in [0, 0.05) is 0 Å². The zero-order chi connectivity index (χ0) is 7.11. The highest BCUT2D eigenvalue weighted by Crippen LogP contribution is 2.00. The Morgan fingerprint density at radius 1 is 1.67 bits per heavy atom. The molecule has 0 heterocycles. The molecule has 0 fully saturated rings. The van der Waals surface area contributed by atoms with Gasteiger partial charge in [-0.3, -0.25) is 0 Å². The van der Waals surface area contributed by atoms with Crippen LogP contribution in [0.25, 0.3) is 0 Å². The summed E-state index contributed by atoms with van der Waals surface area (Å²) < 4.78 is 0. The minimum atomic E-state index is 0.580. The highest BCUT2D eigenvalue weighted by Gasteiger charge is 1.80. The van der Waals surface area contributed by atoms with Crippen molar-refractivity contribution in [3.8, 4) is 0 Å². The molecule has 0 N–H and O–H groups in total. The van der Waals surface area contributed by atoms with Gasteiger partial charge in [0.2, 0.25) is 0 Å². The molecule has 0 unspecified atom stereocenters. The van der Waals surface area contributed by atoms with E-state index in [-0.39, 0.29) is 0 Å². The Labute approximate surface area is 58.4 Å². The van der Waals surface area contributed by atoms with E-state index in [0.717, 1.165) is 5.57 Å². The maximum atomic E-state index is 5.38. The van der Waals surface area contributed by atoms with E-state index in [1.165, 1.54) is 0 Å². The molecule has 0 aromatic heterocycles. The summed E-state index contributed by atoms with van der Waals surface area (Å²) in [5.74, 6) is 0. The number of allylic oxidation sites excluding steroid dienone is 5. The summed E-state index contributed by atoms with van der Waals surface area (Å²) in [5, 5.41) is 0. The fourth-order valence-corrected chi connectivity index (χ4v) is 0.557. The lowest BCUT2D eigenvalue weighted by Gasteiger charge is -1.91. The van der Waals surface area contributed by atoms with E-state index in [2.05, 4.69) is 6.58 Å². The van der Waals surface area contributed by atoms with Crippen molar-refractivity contribution in [3.05, 3.63) is 36.5 Å². The van der Waals surface area contributed by atoms with Crippen molar-refractivity contribution >= 4 is 7.85 Å². The van der Waals surface area contributed by atoms with Crippen LogP contribution in [-0.2, 0) is 0 Å². The van der Waals surface area contributed by atoms with Gasteiger partial charge in [0.1, 0.15) is 0 Å². The zero-order valence-corrected chi connectivity index (χ0v) is 5.80. The first-order chi connectivity index (χ1) is 4.35. The van der Waals surface area contributed by atoms with Crippen molar-refractivity contribution in [2.24, 2.45) is 0 Å². The van der Waals surface area contributed by atoms with Crippen LogP contribution in [0.15, 0.2) is 36.5 Å². The lowest BCUT2D eigenvalue weighted by Crippen LogP contribution is -1.73. The number of rotatable bonds is 3. The van der Waals surface area contributed by atoms with E-state index >= 15 is 0 Å². The normalized spacial score (nSPS) is 12.3. The highest BCUT2D eigenvalue weighted by molar-refractivity contribution is 6.10. The quantitative estimate of drug-likeness (QED) is 0.393. The molecule has 1 heteroatoms. The molecular formula is C8H11B. The van der Waals surface area contributed by atoms with Crippen LogP contribution in [0.1, 0.15) is 6.92 Å². The predicted octanol–water partition coefficient (Wildman–Crippen LogP) is 2.26. The van der Waals surface area contributed by atoms with Crippen LogP contribution >= 0.6 is 0 Å². The van der Waals surface area contributed by atoms with Crippen molar-refractivity contribution in [1.82, 2.24) is 0 Å². The molecule has 0 aliphatic heterocycles. The zero-order valence-electron chi connectivity index (χ0n) is 5.80. The minimum absolute atomic E-state index is 0.580. The summed E-state index contributed by atoms with van der Waals surface area (Å²) in [4.78, 5) is 0. The van der Waals surface area contributed by atoms with Gasteiger partial charge in [-0.15, -0.1) is 0 Å². The summed E-state index contributed by atoms with van der Waals surface area (Å²) in [7, 11) is 5.38. The summed E-state index contributed by atoms with van der Waals surface area (Å²) in [6.07, 6.45) is 8.16. The standard InChI is InChI=1S/C8H11B/c1-3-5-8(7-9)6-4-2/h3-6H,1,7H2,2H3/b6-4-,8-5+. The Balaban J connectivity index is 3.96. The first kappa shape index (κ1) is 8.28. The van der Waals surface area contributed by atoms with E-state index < -0.39 is 0 Å². The van der Waals surface area contributed by atoms with Gasteiger partial charge in [0.15, 0.2) is 0 Å². The van der Waals surface area contributed by atoms with Gasteiger partial charge < -0.3 is 0 Å². The molecule has 0 saturated heterocycles. The van der Waals surface area contributed by atoms with Crippen LogP contribution in [0.5, 0.6) is 0 Å². The Morgan fingerprint density at radius 2 is 2.33 bits per heavy atom. The first-order valence-corrected chi connectivity index (χ1v) is 2.99. The molecule has 9 heavy (non-hydrogen) atoms. The van der Waals surface area contributed by atoms with Crippen molar-refractivity contribution in [2.75, 3.05) is 0 Å². The third-order valence-electron chi connectivity index (χ3n) is 0.948. The van der Waals surface area contributed by atoms with Gasteiger partial charge in [-0.2, -0.15) is 0 Å². The number of hydrogen-bond donors (Lipinski definition) is 0. The second-order valence-electron chi connectivity index (χ2n) is 1.68. The Kier molecular flexibility index (Phi) is 4.99. The largest absolute Gasteiger partial charge is 0.0991 e. The molecule has 0 atom stereocenters. The molecule has 2 radical (unpaired) electrons. The predicted molar refractivity (Wildman–Crippen MR) is 43.7 cm³/mol. The van der Waals surface area contributed by atoms with Crippen molar-refractivity contribution in [2.45, 2.75) is 13.2 Å². The Bertz CT molecular complexity index is 132. The molecule has 0 nitrogen and oxygen atoms in total. The monoisotopic (exact) mass is 118 g/mol. The van der Waals surface area contributed by atoms with Gasteiger partial charge in [0.05, 0.1) is 7.85 Å². The molecule has 0 spiro atoms. The number of hydrogen-bond acceptors (Lipinski definition) is 0. The van der Waals surface area contributed by atoms with Gasteiger partial charge in [0.25, 0.3) is 0 Å². The van der Waals surface area contributed by atoms with E-state index in [0.29, 0.717) is 6.32 Å². The lowest BCUT2D eigenvalue weighted by molar-refractivity contribution is 1.49. The summed E-state index contributed by atoms with van der Waals surface area (Å²) in [6, 6.07) is 0. The molecule has 0 amide bonds. The molecule has 0 aromatic carbocycles. The third kappa shape index (κ3) is 3.83. The van der Waals surface area contributed by atoms with E-state index in [4.69, 9.17) is 7.85 Å². The molecular weight excluding hydrogens is 107 g/mol. The van der Waals surface area contributed by atoms with Crippen LogP contribution in [-0.4, -0.2) is 7.85 Å². The topological polar surface area (TPSA) is 0 Å². The second-order valence-corrected chi connectivity index (χ2v) is 1.68. The van der Waals surface area contributed by atoms with E-state index in [9.17, 15) is 0 Å². The van der Waals surface area contributed by atoms with Gasteiger partial charge in [-0.1, -0.05) is 42.8 Å². The van der Waals surface area contributed by atoms with Crippen LogP contribution in [0.3, 0.4) is 0 Å². The van der Waals surface area contributed by atoms with Crippen LogP contribution in [0, 0.1) is 0 Å². The maximum absolute atomic E-state index is 5.38. The van der Waals surface area contributed by atoms with Crippen molar-refractivity contribution in [3.63, 3.8) is 0 Å². The lowest BCUT2D eigenvalue weighted by atomic mass is 9.96. The molecule has 0 rings (SSSR count). The SMILES string of the molecule is [B]CC(/C=C\C)=C/C=C. The van der Waals surface area contributed by atoms with Gasteiger partial charge in [-0.25, -0.2) is 0 Å². The first-order valence-electron chi connectivity index (χ1n) is 2.99. The summed E-state index contributed by atoms with van der Waals surface area (Å²) in [6.45, 7) is 5.53. The van der Waals surface area contributed by atoms with Crippen LogP contribution in [0.2, 0.25) is 6.32 Å². The van der Waals surface area contributed by atoms with Crippen molar-refractivity contribution < 1.29 is 0 Å². The van der Waals surface area contributed by atoms with Crippen molar-refractivity contribution in [1.29, 1.82) is 0 Å². The fourth-order valence-electron chi connectivity index (χ4n) is 0.557. The molecule has 0 bridgehead atoms. The highest BCUT2D eigenvalue weighted by atomic mass is 13.8. The molecule has 0 saturated carbocycles.